The number of nitro groups is 1. The minimum atomic E-state index is -0.591. The summed E-state index contributed by atoms with van der Waals surface area (Å²) in [6.07, 6.45) is 1.78. The molecule has 1 amide bonds. The molecule has 0 aliphatic rings. The Hall–Kier alpha value is -2.31. The molecular weight excluding hydrogens is 312 g/mol. The molecule has 134 valence electrons. The first-order valence-electron chi connectivity index (χ1n) is 8.10. The maximum atomic E-state index is 12.5. The Kier molecular flexibility index (Phi) is 7.48. The zero-order valence-electron chi connectivity index (χ0n) is 14.9. The van der Waals surface area contributed by atoms with Gasteiger partial charge in [0.1, 0.15) is 5.56 Å². The van der Waals surface area contributed by atoms with Crippen molar-refractivity contribution in [1.82, 2.24) is 5.32 Å². The van der Waals surface area contributed by atoms with E-state index in [4.69, 9.17) is 9.47 Å². The van der Waals surface area contributed by atoms with E-state index < -0.39 is 10.8 Å². The summed E-state index contributed by atoms with van der Waals surface area (Å²) in [7, 11) is 1.40. The summed E-state index contributed by atoms with van der Waals surface area (Å²) in [5, 5.41) is 14.1. The van der Waals surface area contributed by atoms with E-state index in [-0.39, 0.29) is 23.0 Å². The highest BCUT2D eigenvalue weighted by Gasteiger charge is 2.25. The molecule has 0 aliphatic carbocycles. The maximum absolute atomic E-state index is 12.5. The van der Waals surface area contributed by atoms with Crippen LogP contribution in [0.1, 0.15) is 50.9 Å². The average Bonchev–Trinajstić information content (AvgIpc) is 2.52. The molecular formula is C17H26N2O5. The Morgan fingerprint density at radius 3 is 2.42 bits per heavy atom. The SMILES string of the molecule is CCOc1cc(C(=O)NC(C)CCC(C)C)c([N+](=O)[O-])cc1OC. The highest BCUT2D eigenvalue weighted by atomic mass is 16.6. The molecule has 0 radical (unpaired) electrons. The fourth-order valence-electron chi connectivity index (χ4n) is 2.27. The Balaban J connectivity index is 3.08. The molecule has 0 bridgehead atoms. The minimum Gasteiger partial charge on any atom is -0.493 e. The van der Waals surface area contributed by atoms with Gasteiger partial charge < -0.3 is 14.8 Å². The fourth-order valence-corrected chi connectivity index (χ4v) is 2.27. The van der Waals surface area contributed by atoms with Gasteiger partial charge in [-0.2, -0.15) is 0 Å². The van der Waals surface area contributed by atoms with Crippen molar-refractivity contribution in [3.63, 3.8) is 0 Å². The van der Waals surface area contributed by atoms with Gasteiger partial charge in [0.05, 0.1) is 24.7 Å². The van der Waals surface area contributed by atoms with Crippen LogP contribution in [-0.2, 0) is 0 Å². The molecule has 1 aromatic carbocycles. The lowest BCUT2D eigenvalue weighted by atomic mass is 10.0. The molecule has 0 saturated heterocycles. The third-order valence-corrected chi connectivity index (χ3v) is 3.58. The monoisotopic (exact) mass is 338 g/mol. The fraction of sp³-hybridized carbons (Fsp3) is 0.588. The number of hydrogen-bond acceptors (Lipinski definition) is 5. The molecule has 1 unspecified atom stereocenters. The van der Waals surface area contributed by atoms with Crippen LogP contribution in [0.25, 0.3) is 0 Å². The van der Waals surface area contributed by atoms with Gasteiger partial charge in [0.25, 0.3) is 11.6 Å². The summed E-state index contributed by atoms with van der Waals surface area (Å²) in [5.41, 5.74) is -0.329. The molecule has 1 aromatic rings. The Morgan fingerprint density at radius 1 is 1.25 bits per heavy atom. The largest absolute Gasteiger partial charge is 0.493 e. The number of carbonyl (C=O) groups excluding carboxylic acids is 1. The van der Waals surface area contributed by atoms with Crippen molar-refractivity contribution < 1.29 is 19.2 Å². The first kappa shape index (κ1) is 19.7. The first-order chi connectivity index (χ1) is 11.3. The number of methoxy groups -OCH3 is 1. The Bertz CT molecular complexity index is 587. The van der Waals surface area contributed by atoms with E-state index in [2.05, 4.69) is 19.2 Å². The molecule has 7 heteroatoms. The third-order valence-electron chi connectivity index (χ3n) is 3.58. The number of rotatable bonds is 9. The lowest BCUT2D eigenvalue weighted by Gasteiger charge is -2.16. The molecule has 0 aliphatic heterocycles. The lowest BCUT2D eigenvalue weighted by Crippen LogP contribution is -2.33. The van der Waals surface area contributed by atoms with Crippen LogP contribution in [0, 0.1) is 16.0 Å². The van der Waals surface area contributed by atoms with Crippen LogP contribution in [0.5, 0.6) is 11.5 Å². The van der Waals surface area contributed by atoms with Crippen LogP contribution >= 0.6 is 0 Å². The summed E-state index contributed by atoms with van der Waals surface area (Å²) in [5.74, 6) is 0.587. The Labute approximate surface area is 142 Å². The average molecular weight is 338 g/mol. The number of ether oxygens (including phenoxy) is 2. The van der Waals surface area contributed by atoms with E-state index in [9.17, 15) is 14.9 Å². The van der Waals surface area contributed by atoms with Crippen LogP contribution in [0.2, 0.25) is 0 Å². The van der Waals surface area contributed by atoms with E-state index in [1.165, 1.54) is 19.2 Å². The highest BCUT2D eigenvalue weighted by molar-refractivity contribution is 5.99. The minimum absolute atomic E-state index is 0.0272. The van der Waals surface area contributed by atoms with Crippen molar-refractivity contribution in [3.05, 3.63) is 27.8 Å². The molecule has 0 spiro atoms. The second kappa shape index (κ2) is 9.10. The van der Waals surface area contributed by atoms with Gasteiger partial charge in [-0.05, 0) is 32.6 Å². The van der Waals surface area contributed by atoms with Gasteiger partial charge in [0, 0.05) is 12.1 Å². The second-order valence-corrected chi connectivity index (χ2v) is 6.06. The molecule has 24 heavy (non-hydrogen) atoms. The van der Waals surface area contributed by atoms with Gasteiger partial charge in [-0.25, -0.2) is 0 Å². The van der Waals surface area contributed by atoms with Gasteiger partial charge >= 0.3 is 0 Å². The van der Waals surface area contributed by atoms with Gasteiger partial charge in [-0.3, -0.25) is 14.9 Å². The van der Waals surface area contributed by atoms with E-state index in [0.29, 0.717) is 18.3 Å². The first-order valence-corrected chi connectivity index (χ1v) is 8.10. The molecule has 1 N–H and O–H groups in total. The van der Waals surface area contributed by atoms with Crippen LogP contribution in [-0.4, -0.2) is 30.6 Å². The number of amides is 1. The Morgan fingerprint density at radius 2 is 1.92 bits per heavy atom. The van der Waals surface area contributed by atoms with Crippen LogP contribution < -0.4 is 14.8 Å². The number of nitrogens with one attached hydrogen (secondary N) is 1. The molecule has 0 fully saturated rings. The highest BCUT2D eigenvalue weighted by Crippen LogP contribution is 2.34. The molecule has 1 atom stereocenters. The van der Waals surface area contributed by atoms with Gasteiger partial charge in [0.15, 0.2) is 11.5 Å². The topological polar surface area (TPSA) is 90.7 Å². The van der Waals surface area contributed by atoms with E-state index >= 15 is 0 Å². The van der Waals surface area contributed by atoms with Crippen LogP contribution in [0.3, 0.4) is 0 Å². The predicted octanol–water partition coefficient (Wildman–Crippen LogP) is 3.56. The quantitative estimate of drug-likeness (QED) is 0.549. The van der Waals surface area contributed by atoms with Gasteiger partial charge in [0.2, 0.25) is 0 Å². The maximum Gasteiger partial charge on any atom is 0.286 e. The number of benzene rings is 1. The summed E-state index contributed by atoms with van der Waals surface area (Å²) in [4.78, 5) is 23.2. The van der Waals surface area contributed by atoms with Crippen molar-refractivity contribution >= 4 is 11.6 Å². The van der Waals surface area contributed by atoms with E-state index in [0.717, 1.165) is 12.8 Å². The number of carbonyl (C=O) groups is 1. The predicted molar refractivity (Wildman–Crippen MR) is 91.8 cm³/mol. The normalized spacial score (nSPS) is 11.9. The van der Waals surface area contributed by atoms with E-state index in [1.54, 1.807) is 6.92 Å². The van der Waals surface area contributed by atoms with Crippen molar-refractivity contribution in [1.29, 1.82) is 0 Å². The van der Waals surface area contributed by atoms with Crippen molar-refractivity contribution in [2.75, 3.05) is 13.7 Å². The molecule has 7 nitrogen and oxygen atoms in total. The molecule has 0 heterocycles. The van der Waals surface area contributed by atoms with Crippen LogP contribution in [0.4, 0.5) is 5.69 Å². The lowest BCUT2D eigenvalue weighted by molar-refractivity contribution is -0.385. The van der Waals surface area contributed by atoms with Crippen molar-refractivity contribution in [3.8, 4) is 11.5 Å². The van der Waals surface area contributed by atoms with Crippen molar-refractivity contribution in [2.45, 2.75) is 46.6 Å². The third kappa shape index (κ3) is 5.40. The zero-order valence-corrected chi connectivity index (χ0v) is 14.9. The standard InChI is InChI=1S/C17H26N2O5/c1-6-24-16-9-13(14(19(21)22)10-15(16)23-5)17(20)18-12(4)8-7-11(2)3/h9-12H,6-8H2,1-5H3,(H,18,20). The molecule has 0 aromatic heterocycles. The smallest absolute Gasteiger partial charge is 0.286 e. The van der Waals surface area contributed by atoms with Gasteiger partial charge in [-0.1, -0.05) is 13.8 Å². The van der Waals surface area contributed by atoms with Crippen molar-refractivity contribution in [2.24, 2.45) is 5.92 Å². The summed E-state index contributed by atoms with van der Waals surface area (Å²) < 4.78 is 10.5. The number of nitro benzene ring substituents is 1. The molecule has 0 saturated carbocycles. The van der Waals surface area contributed by atoms with Gasteiger partial charge in [-0.15, -0.1) is 0 Å². The summed E-state index contributed by atoms with van der Waals surface area (Å²) >= 11 is 0. The second-order valence-electron chi connectivity index (χ2n) is 6.06. The van der Waals surface area contributed by atoms with Crippen LogP contribution in [0.15, 0.2) is 12.1 Å². The zero-order chi connectivity index (χ0) is 18.3. The number of nitrogens with zero attached hydrogens (tertiary/aromatic N) is 1. The molecule has 1 rings (SSSR count). The number of hydrogen-bond donors (Lipinski definition) is 1. The van der Waals surface area contributed by atoms with E-state index in [1.807, 2.05) is 6.92 Å². The summed E-state index contributed by atoms with van der Waals surface area (Å²) in [6, 6.07) is 2.51. The summed E-state index contributed by atoms with van der Waals surface area (Å²) in [6.45, 7) is 8.25.